The van der Waals surface area contributed by atoms with Crippen molar-refractivity contribution in [3.63, 3.8) is 0 Å². The van der Waals surface area contributed by atoms with Gasteiger partial charge in [-0.2, -0.15) is 0 Å². The van der Waals surface area contributed by atoms with E-state index in [0.717, 1.165) is 17.7 Å². The monoisotopic (exact) mass is 470 g/mol. The average molecular weight is 472 g/mol. The third-order valence-corrected chi connectivity index (χ3v) is 8.40. The topological polar surface area (TPSA) is 18.5 Å². The van der Waals surface area contributed by atoms with Crippen LogP contribution in [0.2, 0.25) is 0 Å². The maximum absolute atomic E-state index is 6.05. The summed E-state index contributed by atoms with van der Waals surface area (Å²) in [6.45, 7) is 5.87. The molecule has 25 heavy (non-hydrogen) atoms. The van der Waals surface area contributed by atoms with E-state index >= 15 is 0 Å². The normalized spacial score (nSPS) is 10.8. The molecule has 1 aromatic rings. The van der Waals surface area contributed by atoms with Crippen LogP contribution in [-0.4, -0.2) is 13.2 Å². The van der Waals surface area contributed by atoms with Crippen LogP contribution in [0, 0.1) is 0 Å². The first-order valence-corrected chi connectivity index (χ1v) is 12.9. The molecule has 0 aliphatic rings. The van der Waals surface area contributed by atoms with Crippen molar-refractivity contribution in [2.45, 2.75) is 70.1 Å². The van der Waals surface area contributed by atoms with E-state index in [1.165, 1.54) is 38.5 Å². The van der Waals surface area contributed by atoms with E-state index < -0.39 is 5.69 Å². The van der Waals surface area contributed by atoms with Crippen molar-refractivity contribution in [1.82, 2.24) is 0 Å². The summed E-state index contributed by atoms with van der Waals surface area (Å²) in [5.74, 6) is 0. The van der Waals surface area contributed by atoms with Gasteiger partial charge in [-0.1, -0.05) is 70.6 Å². The zero-order chi connectivity index (χ0) is 16.8. The molecule has 0 aliphatic carbocycles. The Labute approximate surface area is 183 Å². The van der Waals surface area contributed by atoms with Gasteiger partial charge in [0.25, 0.3) is 5.69 Å². The molecule has 0 aliphatic heterocycles. The number of hydrogen-bond acceptors (Lipinski definition) is 4. The molecule has 1 aromatic carbocycles. The number of hydrogen-bond donors (Lipinski definition) is 0. The second kappa shape index (κ2) is 18.5. The molecule has 0 amide bonds. The molecule has 0 saturated carbocycles. The Kier molecular flexibility index (Phi) is 20.9. The Balaban J connectivity index is 0. The third kappa shape index (κ3) is 14.8. The first kappa shape index (κ1) is 28.3. The van der Waals surface area contributed by atoms with Gasteiger partial charge in [-0.05, 0) is 48.2 Å². The zero-order valence-corrected chi connectivity index (χ0v) is 22.0. The molecule has 0 heterocycles. The first-order valence-electron chi connectivity index (χ1n) is 8.84. The van der Waals surface area contributed by atoms with Crippen LogP contribution in [0.15, 0.2) is 35.2 Å². The second-order valence-electron chi connectivity index (χ2n) is 5.64. The summed E-state index contributed by atoms with van der Waals surface area (Å²) in [5, 5.41) is 0. The quantitative estimate of drug-likeness (QED) is 0.162. The van der Waals surface area contributed by atoms with Gasteiger partial charge in [0.1, 0.15) is 0 Å². The van der Waals surface area contributed by atoms with Gasteiger partial charge in [0, 0.05) is 4.90 Å². The maximum atomic E-state index is 6.05. The Morgan fingerprint density at radius 2 is 1.32 bits per heavy atom. The standard InChI is InChI=1S/C18H31O2PS2.S.Zn/c1-3-5-7-12-16-19-21(22,20-17-13-8-6-4-2)23-18-14-10-9-11-15-18;;/h9-11,14-15H,3-8,12-13,16-17H2,1-2H3;;/q;-2;+2. The Bertz CT molecular complexity index is 431. The van der Waals surface area contributed by atoms with Crippen molar-refractivity contribution >= 4 is 42.4 Å². The first-order chi connectivity index (χ1) is 11.2. The van der Waals surface area contributed by atoms with Crippen LogP contribution in [0.1, 0.15) is 65.2 Å². The SMILES string of the molecule is CCCCCCOP(=S)(OCCCCCC)Sc1ccccc1.[S-2].[Zn+2]. The van der Waals surface area contributed by atoms with Gasteiger partial charge in [0.15, 0.2) is 0 Å². The van der Waals surface area contributed by atoms with Gasteiger partial charge < -0.3 is 22.5 Å². The zero-order valence-electron chi connectivity index (χ0n) is 15.7. The van der Waals surface area contributed by atoms with Crippen molar-refractivity contribution in [1.29, 1.82) is 0 Å². The minimum Gasteiger partial charge on any atom is -2.00 e. The molecule has 0 unspecified atom stereocenters. The molecular weight excluding hydrogens is 441 g/mol. The Hall–Kier alpha value is 1.11. The van der Waals surface area contributed by atoms with E-state index in [2.05, 4.69) is 26.0 Å². The van der Waals surface area contributed by atoms with Gasteiger partial charge in [0.05, 0.1) is 13.2 Å². The number of unbranched alkanes of at least 4 members (excludes halogenated alkanes) is 6. The third-order valence-electron chi connectivity index (χ3n) is 3.46. The Morgan fingerprint density at radius 1 is 0.840 bits per heavy atom. The molecular formula is C18H31O2PS3Zn. The predicted molar refractivity (Wildman–Crippen MR) is 114 cm³/mol. The van der Waals surface area contributed by atoms with Gasteiger partial charge in [0.2, 0.25) is 0 Å². The molecule has 0 spiro atoms. The van der Waals surface area contributed by atoms with Crippen molar-refractivity contribution in [2.75, 3.05) is 13.2 Å². The summed E-state index contributed by atoms with van der Waals surface area (Å²) in [6, 6.07) is 10.2. The number of benzene rings is 1. The molecule has 0 saturated heterocycles. The van der Waals surface area contributed by atoms with Crippen molar-refractivity contribution in [3.8, 4) is 0 Å². The summed E-state index contributed by atoms with van der Waals surface area (Å²) in [6.07, 6.45) is 9.55. The summed E-state index contributed by atoms with van der Waals surface area (Å²) >= 11 is 7.37. The van der Waals surface area contributed by atoms with Crippen molar-refractivity contribution in [2.24, 2.45) is 0 Å². The summed E-state index contributed by atoms with van der Waals surface area (Å²) in [4.78, 5) is 1.14. The van der Waals surface area contributed by atoms with Gasteiger partial charge in [-0.3, -0.25) is 0 Å². The predicted octanol–water partition coefficient (Wildman–Crippen LogP) is 7.19. The molecule has 0 aromatic heterocycles. The van der Waals surface area contributed by atoms with E-state index in [4.69, 9.17) is 20.9 Å². The van der Waals surface area contributed by atoms with Gasteiger partial charge in [-0.25, -0.2) is 0 Å². The van der Waals surface area contributed by atoms with Crippen LogP contribution in [0.25, 0.3) is 0 Å². The summed E-state index contributed by atoms with van der Waals surface area (Å²) in [5.41, 5.74) is -2.29. The van der Waals surface area contributed by atoms with E-state index in [1.807, 2.05) is 18.2 Å². The van der Waals surface area contributed by atoms with Gasteiger partial charge >= 0.3 is 19.5 Å². The number of rotatable bonds is 14. The fourth-order valence-electron chi connectivity index (χ4n) is 2.11. The molecule has 0 N–H and O–H groups in total. The molecule has 0 bridgehead atoms. The van der Waals surface area contributed by atoms with Gasteiger partial charge in [-0.15, -0.1) is 0 Å². The minimum absolute atomic E-state index is 0. The van der Waals surface area contributed by atoms with Crippen LogP contribution in [0.3, 0.4) is 0 Å². The molecule has 0 fully saturated rings. The van der Waals surface area contributed by atoms with Crippen LogP contribution >= 0.6 is 17.1 Å². The van der Waals surface area contributed by atoms with E-state index in [1.54, 1.807) is 11.4 Å². The average Bonchev–Trinajstić information content (AvgIpc) is 2.55. The fraction of sp³-hybridized carbons (Fsp3) is 0.667. The summed E-state index contributed by atoms with van der Waals surface area (Å²) in [7, 11) is 0. The van der Waals surface area contributed by atoms with E-state index in [9.17, 15) is 0 Å². The molecule has 0 radical (unpaired) electrons. The van der Waals surface area contributed by atoms with Crippen LogP contribution < -0.4 is 0 Å². The minimum atomic E-state index is -2.29. The van der Waals surface area contributed by atoms with Crippen molar-refractivity contribution in [3.05, 3.63) is 30.3 Å². The van der Waals surface area contributed by atoms with Crippen LogP contribution in [0.4, 0.5) is 0 Å². The van der Waals surface area contributed by atoms with Crippen molar-refractivity contribution < 1.29 is 28.5 Å². The van der Waals surface area contributed by atoms with Crippen LogP contribution in [-0.2, 0) is 53.8 Å². The molecule has 7 heteroatoms. The van der Waals surface area contributed by atoms with Crippen LogP contribution in [0.5, 0.6) is 0 Å². The van der Waals surface area contributed by atoms with E-state index in [-0.39, 0.29) is 33.0 Å². The summed E-state index contributed by atoms with van der Waals surface area (Å²) < 4.78 is 12.1. The smallest absolute Gasteiger partial charge is 2.00 e. The largest absolute Gasteiger partial charge is 2.00 e. The maximum Gasteiger partial charge on any atom is 2.00 e. The Morgan fingerprint density at radius 3 is 1.76 bits per heavy atom. The molecule has 0 atom stereocenters. The fourth-order valence-corrected chi connectivity index (χ4v) is 6.66. The molecule has 1 rings (SSSR count). The molecule has 140 valence electrons. The van der Waals surface area contributed by atoms with E-state index in [0.29, 0.717) is 13.2 Å². The second-order valence-corrected chi connectivity index (χ2v) is 11.8. The molecule has 2 nitrogen and oxygen atoms in total.